The summed E-state index contributed by atoms with van der Waals surface area (Å²) in [5.74, 6) is 0. The van der Waals surface area contributed by atoms with Crippen LogP contribution < -0.4 is 5.32 Å². The molecule has 0 bridgehead atoms. The van der Waals surface area contributed by atoms with E-state index in [1.807, 2.05) is 0 Å². The summed E-state index contributed by atoms with van der Waals surface area (Å²) in [6.07, 6.45) is -4.38. The number of hydrogen-bond acceptors (Lipinski definition) is 1. The van der Waals surface area contributed by atoms with Crippen LogP contribution >= 0.6 is 39.1 Å². The molecule has 21 heavy (non-hydrogen) atoms. The third kappa shape index (κ3) is 4.53. The van der Waals surface area contributed by atoms with Crippen LogP contribution in [0.2, 0.25) is 10.0 Å². The van der Waals surface area contributed by atoms with Gasteiger partial charge in [-0.15, -0.1) is 0 Å². The van der Waals surface area contributed by atoms with Crippen molar-refractivity contribution in [1.82, 2.24) is 0 Å². The van der Waals surface area contributed by atoms with Gasteiger partial charge in [0.1, 0.15) is 0 Å². The van der Waals surface area contributed by atoms with Gasteiger partial charge in [-0.05, 0) is 57.9 Å². The molecular weight excluding hydrogens is 390 g/mol. The fraction of sp³-hybridized carbons (Fsp3) is 0.143. The van der Waals surface area contributed by atoms with Crippen LogP contribution in [0.5, 0.6) is 0 Å². The molecule has 0 unspecified atom stereocenters. The number of anilines is 1. The third-order valence-corrected chi connectivity index (χ3v) is 3.83. The predicted molar refractivity (Wildman–Crippen MR) is 82.9 cm³/mol. The Bertz CT molecular complexity index is 639. The zero-order valence-corrected chi connectivity index (χ0v) is 13.5. The van der Waals surface area contributed by atoms with E-state index in [4.69, 9.17) is 23.2 Å². The van der Waals surface area contributed by atoms with Crippen molar-refractivity contribution < 1.29 is 13.2 Å². The summed E-state index contributed by atoms with van der Waals surface area (Å²) < 4.78 is 38.6. The van der Waals surface area contributed by atoms with E-state index in [0.717, 1.165) is 17.7 Å². The Labute approximate surface area is 138 Å². The first-order valence-electron chi connectivity index (χ1n) is 5.81. The summed E-state index contributed by atoms with van der Waals surface area (Å²) in [6.45, 7) is 0.306. The van der Waals surface area contributed by atoms with E-state index in [1.54, 1.807) is 18.2 Å². The van der Waals surface area contributed by atoms with Gasteiger partial charge < -0.3 is 5.32 Å². The molecule has 0 aliphatic rings. The smallest absolute Gasteiger partial charge is 0.380 e. The quantitative estimate of drug-likeness (QED) is 0.631. The molecule has 0 fully saturated rings. The van der Waals surface area contributed by atoms with Crippen molar-refractivity contribution in [1.29, 1.82) is 0 Å². The highest BCUT2D eigenvalue weighted by Gasteiger charge is 2.30. The van der Waals surface area contributed by atoms with Gasteiger partial charge in [0.25, 0.3) is 0 Å². The van der Waals surface area contributed by atoms with Crippen LogP contribution in [0.3, 0.4) is 0 Å². The van der Waals surface area contributed by atoms with Crippen LogP contribution in [0.1, 0.15) is 11.1 Å². The van der Waals surface area contributed by atoms with E-state index in [0.29, 0.717) is 26.8 Å². The van der Waals surface area contributed by atoms with Gasteiger partial charge in [-0.3, -0.25) is 0 Å². The molecule has 2 rings (SSSR count). The molecule has 0 spiro atoms. The highest BCUT2D eigenvalue weighted by Crippen LogP contribution is 2.34. The maximum absolute atomic E-state index is 12.7. The SMILES string of the molecule is FC(F)(F)c1ccc(Br)c(NCc2cc(Cl)cc(Cl)c2)c1. The lowest BCUT2D eigenvalue weighted by Crippen LogP contribution is -2.07. The zero-order valence-electron chi connectivity index (χ0n) is 10.4. The molecule has 0 aliphatic heterocycles. The van der Waals surface area contributed by atoms with Gasteiger partial charge in [0, 0.05) is 26.8 Å². The average molecular weight is 399 g/mol. The van der Waals surface area contributed by atoms with Gasteiger partial charge in [-0.2, -0.15) is 13.2 Å². The Hall–Kier alpha value is -0.910. The van der Waals surface area contributed by atoms with Crippen LogP contribution in [0.4, 0.5) is 18.9 Å². The van der Waals surface area contributed by atoms with Gasteiger partial charge in [0.15, 0.2) is 0 Å². The zero-order chi connectivity index (χ0) is 15.6. The summed E-state index contributed by atoms with van der Waals surface area (Å²) in [4.78, 5) is 0. The first-order chi connectivity index (χ1) is 9.75. The van der Waals surface area contributed by atoms with E-state index in [2.05, 4.69) is 21.2 Å². The van der Waals surface area contributed by atoms with E-state index < -0.39 is 11.7 Å². The largest absolute Gasteiger partial charge is 0.416 e. The van der Waals surface area contributed by atoms with Gasteiger partial charge in [-0.1, -0.05) is 23.2 Å². The molecule has 0 amide bonds. The van der Waals surface area contributed by atoms with Gasteiger partial charge >= 0.3 is 6.18 Å². The number of benzene rings is 2. The maximum atomic E-state index is 12.7. The average Bonchev–Trinajstić information content (AvgIpc) is 2.35. The number of nitrogens with one attached hydrogen (secondary N) is 1. The third-order valence-electron chi connectivity index (χ3n) is 2.70. The second-order valence-corrected chi connectivity index (χ2v) is 6.05. The van der Waals surface area contributed by atoms with E-state index in [9.17, 15) is 13.2 Å². The molecule has 0 aromatic heterocycles. The van der Waals surface area contributed by atoms with Crippen LogP contribution in [0.25, 0.3) is 0 Å². The molecule has 7 heteroatoms. The van der Waals surface area contributed by atoms with Crippen molar-refractivity contribution in [3.63, 3.8) is 0 Å². The normalized spacial score (nSPS) is 11.5. The molecule has 0 radical (unpaired) electrons. The fourth-order valence-corrected chi connectivity index (χ4v) is 2.71. The lowest BCUT2D eigenvalue weighted by atomic mass is 10.1. The Kier molecular flexibility index (Phi) is 5.07. The molecule has 2 aromatic rings. The summed E-state index contributed by atoms with van der Waals surface area (Å²) in [7, 11) is 0. The summed E-state index contributed by atoms with van der Waals surface area (Å²) in [5.41, 5.74) is 0.412. The van der Waals surface area contributed by atoms with Gasteiger partial charge in [0.2, 0.25) is 0 Å². The van der Waals surface area contributed by atoms with Crippen molar-refractivity contribution >= 4 is 44.8 Å². The molecular formula is C14H9BrCl2F3N. The fourth-order valence-electron chi connectivity index (χ4n) is 1.75. The van der Waals surface area contributed by atoms with Crippen molar-refractivity contribution in [2.75, 3.05) is 5.32 Å². The van der Waals surface area contributed by atoms with E-state index in [-0.39, 0.29) is 0 Å². The molecule has 1 nitrogen and oxygen atoms in total. The molecule has 0 saturated carbocycles. The highest BCUT2D eigenvalue weighted by molar-refractivity contribution is 9.10. The van der Waals surface area contributed by atoms with E-state index >= 15 is 0 Å². The Morgan fingerprint density at radius 3 is 2.19 bits per heavy atom. The monoisotopic (exact) mass is 397 g/mol. The second-order valence-electron chi connectivity index (χ2n) is 4.32. The predicted octanol–water partition coefficient (Wildman–Crippen LogP) is 6.39. The first-order valence-corrected chi connectivity index (χ1v) is 7.36. The molecule has 0 heterocycles. The Morgan fingerprint density at radius 1 is 1.00 bits per heavy atom. The van der Waals surface area contributed by atoms with Gasteiger partial charge in [-0.25, -0.2) is 0 Å². The molecule has 0 saturated heterocycles. The molecule has 1 N–H and O–H groups in total. The van der Waals surface area contributed by atoms with Gasteiger partial charge in [0.05, 0.1) is 5.56 Å². The van der Waals surface area contributed by atoms with Crippen molar-refractivity contribution in [2.45, 2.75) is 12.7 Å². The number of rotatable bonds is 3. The van der Waals surface area contributed by atoms with Crippen LogP contribution in [0, 0.1) is 0 Å². The van der Waals surface area contributed by atoms with Crippen molar-refractivity contribution in [2.24, 2.45) is 0 Å². The van der Waals surface area contributed by atoms with E-state index in [1.165, 1.54) is 6.07 Å². The summed E-state index contributed by atoms with van der Waals surface area (Å²) >= 11 is 15.0. The summed E-state index contributed by atoms with van der Waals surface area (Å²) in [5, 5.41) is 3.88. The summed E-state index contributed by atoms with van der Waals surface area (Å²) in [6, 6.07) is 8.41. The maximum Gasteiger partial charge on any atom is 0.416 e. The lowest BCUT2D eigenvalue weighted by Gasteiger charge is -2.13. The Morgan fingerprint density at radius 2 is 1.62 bits per heavy atom. The van der Waals surface area contributed by atoms with Crippen LogP contribution in [-0.4, -0.2) is 0 Å². The number of alkyl halides is 3. The molecule has 2 aromatic carbocycles. The topological polar surface area (TPSA) is 12.0 Å². The Balaban J connectivity index is 2.19. The standard InChI is InChI=1S/C14H9BrCl2F3N/c15-12-2-1-9(14(18,19)20)5-13(12)21-7-8-3-10(16)6-11(17)4-8/h1-6,21H,7H2. The minimum absolute atomic E-state index is 0.306. The second kappa shape index (κ2) is 6.46. The minimum atomic E-state index is -4.38. The minimum Gasteiger partial charge on any atom is -0.380 e. The number of halogens is 6. The highest BCUT2D eigenvalue weighted by atomic mass is 79.9. The molecule has 0 atom stereocenters. The molecule has 112 valence electrons. The lowest BCUT2D eigenvalue weighted by molar-refractivity contribution is -0.137. The number of hydrogen-bond donors (Lipinski definition) is 1. The first kappa shape index (κ1) is 16.5. The van der Waals surface area contributed by atoms with Crippen molar-refractivity contribution in [3.8, 4) is 0 Å². The van der Waals surface area contributed by atoms with Crippen LogP contribution in [-0.2, 0) is 12.7 Å². The van der Waals surface area contributed by atoms with Crippen LogP contribution in [0.15, 0.2) is 40.9 Å². The van der Waals surface area contributed by atoms with Crippen molar-refractivity contribution in [3.05, 3.63) is 62.0 Å². The molecule has 0 aliphatic carbocycles.